The predicted molar refractivity (Wildman–Crippen MR) is 164 cm³/mol. The number of para-hydroxylation sites is 1. The van der Waals surface area contributed by atoms with Gasteiger partial charge in [0.05, 0.1) is 11.0 Å². The Balaban J connectivity index is 1.64. The van der Waals surface area contributed by atoms with E-state index in [9.17, 15) is 4.39 Å². The standard InChI is InChI=1S/C36H25F2NSi/c37-26-23-33-32-25-31(21-22-35(32)39(36(33)34(38)24-26)27-13-5-1-6-14-27)40(28-15-7-2-8-16-28,29-17-9-3-10-18-29)30-19-11-4-12-20-30/h1-25H. The van der Waals surface area contributed by atoms with Crippen molar-refractivity contribution in [3.63, 3.8) is 0 Å². The van der Waals surface area contributed by atoms with Gasteiger partial charge in [0.15, 0.2) is 13.9 Å². The van der Waals surface area contributed by atoms with Crippen molar-refractivity contribution >= 4 is 50.6 Å². The number of aromatic nitrogens is 1. The molecule has 7 rings (SSSR count). The fraction of sp³-hybridized carbons (Fsp3) is 0. The van der Waals surface area contributed by atoms with Crippen molar-refractivity contribution in [2.45, 2.75) is 0 Å². The maximum absolute atomic E-state index is 15.5. The first-order valence-electron chi connectivity index (χ1n) is 13.3. The van der Waals surface area contributed by atoms with E-state index in [4.69, 9.17) is 0 Å². The molecule has 1 aromatic heterocycles. The average molecular weight is 538 g/mol. The van der Waals surface area contributed by atoms with Gasteiger partial charge < -0.3 is 4.57 Å². The Kier molecular flexibility index (Phi) is 5.91. The van der Waals surface area contributed by atoms with Crippen molar-refractivity contribution in [2.75, 3.05) is 0 Å². The van der Waals surface area contributed by atoms with Crippen molar-refractivity contribution in [1.29, 1.82) is 0 Å². The molecule has 1 nitrogen and oxygen atoms in total. The third-order valence-electron chi connectivity index (χ3n) is 7.85. The lowest BCUT2D eigenvalue weighted by Gasteiger charge is -2.34. The van der Waals surface area contributed by atoms with Crippen LogP contribution in [0.25, 0.3) is 27.5 Å². The second kappa shape index (κ2) is 9.74. The van der Waals surface area contributed by atoms with Gasteiger partial charge in [-0.2, -0.15) is 0 Å². The highest BCUT2D eigenvalue weighted by molar-refractivity contribution is 7.20. The van der Waals surface area contributed by atoms with Crippen LogP contribution in [0.1, 0.15) is 0 Å². The summed E-state index contributed by atoms with van der Waals surface area (Å²) < 4.78 is 32.1. The number of hydrogen-bond donors (Lipinski definition) is 0. The van der Waals surface area contributed by atoms with Gasteiger partial charge in [-0.15, -0.1) is 0 Å². The summed E-state index contributed by atoms with van der Waals surface area (Å²) in [6.45, 7) is 0. The molecule has 0 spiro atoms. The Morgan fingerprint density at radius 3 is 1.48 bits per heavy atom. The van der Waals surface area contributed by atoms with E-state index < -0.39 is 19.7 Å². The number of benzene rings is 6. The van der Waals surface area contributed by atoms with E-state index in [2.05, 4.69) is 91.0 Å². The van der Waals surface area contributed by atoms with Gasteiger partial charge in [0.1, 0.15) is 5.82 Å². The molecule has 0 atom stereocenters. The molecule has 7 aromatic rings. The average Bonchev–Trinajstić information content (AvgIpc) is 3.34. The fourth-order valence-corrected chi connectivity index (χ4v) is 11.0. The van der Waals surface area contributed by atoms with Crippen LogP contribution in [-0.4, -0.2) is 12.6 Å². The molecule has 4 heteroatoms. The molecule has 192 valence electrons. The zero-order valence-corrected chi connectivity index (χ0v) is 22.6. The van der Waals surface area contributed by atoms with Gasteiger partial charge in [-0.25, -0.2) is 8.78 Å². The quantitative estimate of drug-likeness (QED) is 0.176. The van der Waals surface area contributed by atoms with E-state index >= 15 is 4.39 Å². The van der Waals surface area contributed by atoms with Gasteiger partial charge in [0.2, 0.25) is 0 Å². The van der Waals surface area contributed by atoms with Crippen LogP contribution >= 0.6 is 0 Å². The Morgan fingerprint density at radius 2 is 0.950 bits per heavy atom. The summed E-state index contributed by atoms with van der Waals surface area (Å²) in [4.78, 5) is 0. The molecular formula is C36H25F2NSi. The molecule has 0 bridgehead atoms. The second-order valence-corrected chi connectivity index (χ2v) is 13.8. The SMILES string of the molecule is Fc1cc(F)c2c(c1)c1cc([Si](c3ccccc3)(c3ccccc3)c3ccccc3)ccc1n2-c1ccccc1. The summed E-state index contributed by atoms with van der Waals surface area (Å²) in [5.74, 6) is -1.16. The molecule has 40 heavy (non-hydrogen) atoms. The molecule has 0 aliphatic heterocycles. The van der Waals surface area contributed by atoms with Crippen LogP contribution in [-0.2, 0) is 0 Å². The van der Waals surface area contributed by atoms with Gasteiger partial charge in [-0.05, 0) is 45.0 Å². The minimum absolute atomic E-state index is 0.381. The Bertz CT molecular complexity index is 1850. The second-order valence-electron chi connectivity index (χ2n) is 10.0. The van der Waals surface area contributed by atoms with E-state index in [-0.39, 0.29) is 0 Å². The topological polar surface area (TPSA) is 4.93 Å². The fourth-order valence-electron chi connectivity index (χ4n) is 6.21. The minimum atomic E-state index is -2.80. The molecule has 0 amide bonds. The van der Waals surface area contributed by atoms with Crippen LogP contribution in [0.3, 0.4) is 0 Å². The summed E-state index contributed by atoms with van der Waals surface area (Å²) in [7, 11) is -2.80. The number of rotatable bonds is 5. The van der Waals surface area contributed by atoms with Crippen molar-refractivity contribution in [2.24, 2.45) is 0 Å². The molecule has 0 N–H and O–H groups in total. The maximum Gasteiger partial charge on any atom is 0.179 e. The van der Waals surface area contributed by atoms with E-state index in [0.717, 1.165) is 27.8 Å². The van der Waals surface area contributed by atoms with Crippen LogP contribution in [0.4, 0.5) is 8.78 Å². The van der Waals surface area contributed by atoms with Crippen molar-refractivity contribution in [1.82, 2.24) is 4.57 Å². The predicted octanol–water partition coefficient (Wildman–Crippen LogP) is 6.44. The third kappa shape index (κ3) is 3.72. The highest BCUT2D eigenvalue weighted by Gasteiger charge is 2.41. The normalized spacial score (nSPS) is 11.8. The molecule has 1 heterocycles. The summed E-state index contributed by atoms with van der Waals surface area (Å²) >= 11 is 0. The van der Waals surface area contributed by atoms with Crippen molar-refractivity contribution < 1.29 is 8.78 Å². The molecule has 0 aliphatic carbocycles. The molecule has 0 fully saturated rings. The lowest BCUT2D eigenvalue weighted by atomic mass is 10.1. The van der Waals surface area contributed by atoms with Crippen LogP contribution in [0.2, 0.25) is 0 Å². The molecular weight excluding hydrogens is 512 g/mol. The smallest absolute Gasteiger partial charge is 0.179 e. The van der Waals surface area contributed by atoms with Crippen LogP contribution in [0.15, 0.2) is 152 Å². The van der Waals surface area contributed by atoms with Crippen LogP contribution in [0, 0.1) is 11.6 Å². The molecule has 0 aliphatic rings. The van der Waals surface area contributed by atoms with Gasteiger partial charge in [-0.1, -0.05) is 121 Å². The molecule has 6 aromatic carbocycles. The molecule has 0 saturated heterocycles. The zero-order valence-electron chi connectivity index (χ0n) is 21.6. The summed E-state index contributed by atoms with van der Waals surface area (Å²) in [5.41, 5.74) is 2.05. The highest BCUT2D eigenvalue weighted by Crippen LogP contribution is 2.34. The first kappa shape index (κ1) is 24.3. The first-order valence-corrected chi connectivity index (χ1v) is 15.3. The maximum atomic E-state index is 15.5. The highest BCUT2D eigenvalue weighted by atomic mass is 28.3. The Hall–Kier alpha value is -4.80. The number of fused-ring (bicyclic) bond motifs is 3. The first-order chi connectivity index (χ1) is 19.7. The number of halogens is 2. The molecule has 0 radical (unpaired) electrons. The van der Waals surface area contributed by atoms with E-state index in [0.29, 0.717) is 10.9 Å². The van der Waals surface area contributed by atoms with E-state index in [1.807, 2.05) is 53.1 Å². The van der Waals surface area contributed by atoms with Crippen molar-refractivity contribution in [3.8, 4) is 5.69 Å². The van der Waals surface area contributed by atoms with Gasteiger partial charge >= 0.3 is 0 Å². The van der Waals surface area contributed by atoms with Gasteiger partial charge in [-0.3, -0.25) is 0 Å². The van der Waals surface area contributed by atoms with Crippen LogP contribution in [0.5, 0.6) is 0 Å². The van der Waals surface area contributed by atoms with Gasteiger partial charge in [0.25, 0.3) is 0 Å². The van der Waals surface area contributed by atoms with E-state index in [1.54, 1.807) is 0 Å². The largest absolute Gasteiger partial charge is 0.307 e. The monoisotopic (exact) mass is 537 g/mol. The van der Waals surface area contributed by atoms with Crippen LogP contribution < -0.4 is 20.7 Å². The Labute approximate surface area is 232 Å². The lowest BCUT2D eigenvalue weighted by Crippen LogP contribution is -2.74. The lowest BCUT2D eigenvalue weighted by molar-refractivity contribution is 0.590. The van der Waals surface area contributed by atoms with Crippen molar-refractivity contribution in [3.05, 3.63) is 163 Å². The number of nitrogens with zero attached hydrogens (tertiary/aromatic N) is 1. The zero-order chi connectivity index (χ0) is 27.1. The summed E-state index contributed by atoms with van der Waals surface area (Å²) in [5, 5.41) is 6.29. The minimum Gasteiger partial charge on any atom is -0.307 e. The third-order valence-corrected chi connectivity index (χ3v) is 12.6. The summed E-state index contributed by atoms with van der Waals surface area (Å²) in [6, 6.07) is 50.5. The molecule has 0 saturated carbocycles. The summed E-state index contributed by atoms with van der Waals surface area (Å²) in [6.07, 6.45) is 0. The van der Waals surface area contributed by atoms with E-state index in [1.165, 1.54) is 21.6 Å². The number of hydrogen-bond acceptors (Lipinski definition) is 0. The van der Waals surface area contributed by atoms with Gasteiger partial charge in [0, 0.05) is 22.5 Å². The molecule has 0 unspecified atom stereocenters. The Morgan fingerprint density at radius 1 is 0.450 bits per heavy atom.